The molecule has 0 fully saturated rings. The zero-order valence-corrected chi connectivity index (χ0v) is 17.6. The minimum Gasteiger partial charge on any atom is -0.383 e. The largest absolute Gasteiger partial charge is 0.383 e. The van der Waals surface area contributed by atoms with Crippen LogP contribution in [0.3, 0.4) is 0 Å². The summed E-state index contributed by atoms with van der Waals surface area (Å²) in [6.45, 7) is 0. The monoisotopic (exact) mass is 450 g/mol. The summed E-state index contributed by atoms with van der Waals surface area (Å²) in [7, 11) is 0. The van der Waals surface area contributed by atoms with Gasteiger partial charge in [0.2, 0.25) is 0 Å². The average molecular weight is 452 g/mol. The highest BCUT2D eigenvalue weighted by Gasteiger charge is 2.15. The molecular weight excluding hydrogens is 439 g/mol. The van der Waals surface area contributed by atoms with Crippen LogP contribution in [0.1, 0.15) is 4.88 Å². The van der Waals surface area contributed by atoms with E-state index in [9.17, 15) is 0 Å². The summed E-state index contributed by atoms with van der Waals surface area (Å²) in [6, 6.07) is 7.32. The number of hydrogen-bond donors (Lipinski definition) is 3. The second-order valence-electron chi connectivity index (χ2n) is 4.69. The van der Waals surface area contributed by atoms with Gasteiger partial charge in [-0.25, -0.2) is 4.98 Å². The van der Waals surface area contributed by atoms with Crippen molar-refractivity contribution < 1.29 is 0 Å². The molecule has 132 valence electrons. The lowest BCUT2D eigenvalue weighted by atomic mass is 10.2. The van der Waals surface area contributed by atoms with Crippen molar-refractivity contribution in [1.29, 1.82) is 5.41 Å². The fourth-order valence-corrected chi connectivity index (χ4v) is 4.82. The normalized spacial score (nSPS) is 10.4. The molecule has 0 saturated heterocycles. The van der Waals surface area contributed by atoms with Gasteiger partial charge in [-0.2, -0.15) is 0 Å². The molecule has 0 aliphatic carbocycles. The Hall–Kier alpha value is -0.960. The van der Waals surface area contributed by atoms with Crippen LogP contribution in [0.5, 0.6) is 0 Å². The molecular formula is C15H13Cl3N4S3. The standard InChI is InChI=1S/C15H12Cl2N4S3.ClH/c1-22-14-7(5-11(24-14)13(18)19)10-6-23-15(21-10)20-9-4-2-3-8(16)12(9)17;/h2-6H,1H3,(H3,18,19)(H,20,21);1H. The van der Waals surface area contributed by atoms with Gasteiger partial charge in [0.1, 0.15) is 5.84 Å². The molecule has 0 bridgehead atoms. The van der Waals surface area contributed by atoms with Gasteiger partial charge in [-0.3, -0.25) is 5.41 Å². The van der Waals surface area contributed by atoms with Crippen molar-refractivity contribution >= 4 is 86.7 Å². The number of halogens is 3. The summed E-state index contributed by atoms with van der Waals surface area (Å²) in [5.41, 5.74) is 8.13. The summed E-state index contributed by atoms with van der Waals surface area (Å²) in [5, 5.41) is 14.4. The van der Waals surface area contributed by atoms with E-state index in [1.54, 1.807) is 17.8 Å². The van der Waals surface area contributed by atoms with Gasteiger partial charge in [-0.15, -0.1) is 46.8 Å². The number of anilines is 2. The Bertz CT molecular complexity index is 907. The fraction of sp³-hybridized carbons (Fsp3) is 0.0667. The predicted molar refractivity (Wildman–Crippen MR) is 115 cm³/mol. The third kappa shape index (κ3) is 4.42. The topological polar surface area (TPSA) is 74.8 Å². The third-order valence-corrected chi connectivity index (χ3v) is 7.00. The SMILES string of the molecule is CSc1sc(C(=N)N)cc1-c1csc(Nc2cccc(Cl)c2Cl)n1.Cl. The van der Waals surface area contributed by atoms with Crippen LogP contribution in [0.4, 0.5) is 10.8 Å². The molecule has 25 heavy (non-hydrogen) atoms. The van der Waals surface area contributed by atoms with Crippen molar-refractivity contribution in [2.45, 2.75) is 4.21 Å². The van der Waals surface area contributed by atoms with Gasteiger partial charge in [0.25, 0.3) is 0 Å². The lowest BCUT2D eigenvalue weighted by Gasteiger charge is -2.05. The van der Waals surface area contributed by atoms with E-state index in [4.69, 9.17) is 34.3 Å². The van der Waals surface area contributed by atoms with E-state index in [0.717, 1.165) is 25.5 Å². The first-order chi connectivity index (χ1) is 11.5. The zero-order chi connectivity index (χ0) is 17.3. The van der Waals surface area contributed by atoms with Gasteiger partial charge < -0.3 is 11.1 Å². The van der Waals surface area contributed by atoms with Crippen molar-refractivity contribution in [2.24, 2.45) is 5.73 Å². The summed E-state index contributed by atoms with van der Waals surface area (Å²) in [4.78, 5) is 5.36. The van der Waals surface area contributed by atoms with Gasteiger partial charge in [0.15, 0.2) is 5.13 Å². The number of rotatable bonds is 5. The van der Waals surface area contributed by atoms with Crippen molar-refractivity contribution in [3.8, 4) is 11.3 Å². The number of thiazole rings is 1. The van der Waals surface area contributed by atoms with Crippen LogP contribution in [0.2, 0.25) is 10.0 Å². The highest BCUT2D eigenvalue weighted by molar-refractivity contribution is 8.00. The van der Waals surface area contributed by atoms with Gasteiger partial charge >= 0.3 is 0 Å². The second-order valence-corrected chi connectivity index (χ2v) is 8.46. The molecule has 4 N–H and O–H groups in total. The van der Waals surface area contributed by atoms with Crippen molar-refractivity contribution in [1.82, 2.24) is 4.98 Å². The maximum atomic E-state index is 7.60. The molecule has 0 atom stereocenters. The number of aromatic nitrogens is 1. The molecule has 0 saturated carbocycles. The Labute approximate surface area is 173 Å². The number of thioether (sulfide) groups is 1. The van der Waals surface area contributed by atoms with Crippen molar-refractivity contribution in [3.63, 3.8) is 0 Å². The van der Waals surface area contributed by atoms with E-state index in [0.29, 0.717) is 15.7 Å². The molecule has 3 rings (SSSR count). The summed E-state index contributed by atoms with van der Waals surface area (Å²) < 4.78 is 1.08. The van der Waals surface area contributed by atoms with Crippen LogP contribution in [0.25, 0.3) is 11.3 Å². The first-order valence-electron chi connectivity index (χ1n) is 6.68. The van der Waals surface area contributed by atoms with Gasteiger partial charge in [-0.1, -0.05) is 29.3 Å². The molecule has 1 aromatic carbocycles. The van der Waals surface area contributed by atoms with Crippen molar-refractivity contribution in [2.75, 3.05) is 11.6 Å². The van der Waals surface area contributed by atoms with E-state index in [1.807, 2.05) is 29.8 Å². The Kier molecular flexibility index (Phi) is 7.01. The predicted octanol–water partition coefficient (Wildman–Crippen LogP) is 6.35. The number of hydrogen-bond acceptors (Lipinski definition) is 6. The molecule has 2 aromatic heterocycles. The molecule has 10 heteroatoms. The van der Waals surface area contributed by atoms with Crippen LogP contribution in [-0.2, 0) is 0 Å². The molecule has 4 nitrogen and oxygen atoms in total. The number of amidine groups is 1. The van der Waals surface area contributed by atoms with Crippen LogP contribution < -0.4 is 11.1 Å². The first-order valence-corrected chi connectivity index (χ1v) is 10.4. The maximum Gasteiger partial charge on any atom is 0.187 e. The smallest absolute Gasteiger partial charge is 0.187 e. The Morgan fingerprint density at radius 1 is 1.36 bits per heavy atom. The lowest BCUT2D eigenvalue weighted by molar-refractivity contribution is 1.37. The third-order valence-electron chi connectivity index (χ3n) is 3.12. The number of nitrogens with two attached hydrogens (primary N) is 1. The molecule has 0 aliphatic heterocycles. The number of nitrogen functional groups attached to an aromatic ring is 1. The number of thiophene rings is 1. The van der Waals surface area contributed by atoms with Gasteiger partial charge in [-0.05, 0) is 24.5 Å². The Balaban J connectivity index is 0.00000225. The molecule has 2 heterocycles. The van der Waals surface area contributed by atoms with Crippen LogP contribution >= 0.6 is 70.0 Å². The molecule has 0 radical (unpaired) electrons. The van der Waals surface area contributed by atoms with E-state index < -0.39 is 0 Å². The lowest BCUT2D eigenvalue weighted by Crippen LogP contribution is -2.08. The summed E-state index contributed by atoms with van der Waals surface area (Å²) in [6.07, 6.45) is 2.00. The van der Waals surface area contributed by atoms with E-state index in [-0.39, 0.29) is 18.2 Å². The first kappa shape index (κ1) is 20.4. The number of nitrogens with one attached hydrogen (secondary N) is 2. The fourth-order valence-electron chi connectivity index (χ4n) is 2.01. The number of benzene rings is 1. The minimum atomic E-state index is 0. The average Bonchev–Trinajstić information content (AvgIpc) is 3.18. The highest BCUT2D eigenvalue weighted by Crippen LogP contribution is 2.39. The Morgan fingerprint density at radius 3 is 2.80 bits per heavy atom. The van der Waals surface area contributed by atoms with Gasteiger partial charge in [0, 0.05) is 10.9 Å². The molecule has 0 unspecified atom stereocenters. The highest BCUT2D eigenvalue weighted by atomic mass is 35.5. The maximum absolute atomic E-state index is 7.60. The molecule has 0 amide bonds. The van der Waals surface area contributed by atoms with E-state index in [1.165, 1.54) is 22.7 Å². The molecule has 0 aliphatic rings. The number of nitrogens with zero attached hydrogens (tertiary/aromatic N) is 1. The van der Waals surface area contributed by atoms with Gasteiger partial charge in [0.05, 0.1) is 30.5 Å². The van der Waals surface area contributed by atoms with Crippen LogP contribution in [0.15, 0.2) is 33.9 Å². The second kappa shape index (κ2) is 8.62. The zero-order valence-electron chi connectivity index (χ0n) is 12.8. The van der Waals surface area contributed by atoms with Crippen LogP contribution in [0, 0.1) is 5.41 Å². The van der Waals surface area contributed by atoms with Crippen molar-refractivity contribution in [3.05, 3.63) is 44.6 Å². The summed E-state index contributed by atoms with van der Waals surface area (Å²) >= 11 is 16.8. The van der Waals surface area contributed by atoms with E-state index >= 15 is 0 Å². The van der Waals surface area contributed by atoms with Crippen LogP contribution in [-0.4, -0.2) is 17.1 Å². The molecule has 0 spiro atoms. The summed E-state index contributed by atoms with van der Waals surface area (Å²) in [5.74, 6) is 0.0702. The van der Waals surface area contributed by atoms with E-state index in [2.05, 4.69) is 10.3 Å². The quantitative estimate of drug-likeness (QED) is 0.240. The minimum absolute atomic E-state index is 0. The Morgan fingerprint density at radius 2 is 2.12 bits per heavy atom. The molecule has 3 aromatic rings.